The van der Waals surface area contributed by atoms with E-state index in [1.54, 1.807) is 12.1 Å². The Morgan fingerprint density at radius 2 is 2.12 bits per heavy atom. The second kappa shape index (κ2) is 4.69. The van der Waals surface area contributed by atoms with Crippen LogP contribution in [0.1, 0.15) is 16.8 Å². The Balaban J connectivity index is 2.05. The third-order valence-corrected chi connectivity index (χ3v) is 2.47. The van der Waals surface area contributed by atoms with Crippen LogP contribution in [0.25, 0.3) is 10.9 Å². The number of hydrogen-bond acceptors (Lipinski definition) is 2. The summed E-state index contributed by atoms with van der Waals surface area (Å²) in [6.45, 7) is 0.263. The molecule has 5 nitrogen and oxygen atoms in total. The predicted octanol–water partition coefficient (Wildman–Crippen LogP) is 0.773. The van der Waals surface area contributed by atoms with E-state index < -0.39 is 5.91 Å². The molecule has 0 aliphatic carbocycles. The Morgan fingerprint density at radius 3 is 2.88 bits per heavy atom. The molecule has 4 N–H and O–H groups in total. The van der Waals surface area contributed by atoms with Gasteiger partial charge in [0.15, 0.2) is 0 Å². The Bertz CT molecular complexity index is 560. The zero-order valence-corrected chi connectivity index (χ0v) is 9.19. The molecule has 0 saturated heterocycles. The van der Waals surface area contributed by atoms with Crippen LogP contribution < -0.4 is 11.1 Å². The van der Waals surface area contributed by atoms with Gasteiger partial charge in [0.05, 0.1) is 0 Å². The van der Waals surface area contributed by atoms with Crippen molar-refractivity contribution in [3.63, 3.8) is 0 Å². The van der Waals surface area contributed by atoms with Gasteiger partial charge in [-0.2, -0.15) is 0 Å². The van der Waals surface area contributed by atoms with Gasteiger partial charge in [0, 0.05) is 35.6 Å². The first-order chi connectivity index (χ1) is 8.16. The van der Waals surface area contributed by atoms with Gasteiger partial charge < -0.3 is 16.0 Å². The first-order valence-electron chi connectivity index (χ1n) is 5.30. The summed E-state index contributed by atoms with van der Waals surface area (Å²) in [4.78, 5) is 25.3. The van der Waals surface area contributed by atoms with Crippen LogP contribution in [-0.4, -0.2) is 23.3 Å². The molecule has 5 heteroatoms. The van der Waals surface area contributed by atoms with Crippen molar-refractivity contribution < 1.29 is 9.59 Å². The molecule has 0 saturated carbocycles. The number of amides is 2. The number of primary amides is 1. The lowest BCUT2D eigenvalue weighted by atomic mass is 10.1. The van der Waals surface area contributed by atoms with Gasteiger partial charge in [-0.15, -0.1) is 0 Å². The molecular formula is C12H13N3O2. The smallest absolute Gasteiger partial charge is 0.251 e. The highest BCUT2D eigenvalue weighted by Gasteiger charge is 2.06. The van der Waals surface area contributed by atoms with E-state index in [1.807, 2.05) is 18.3 Å². The van der Waals surface area contributed by atoms with Crippen LogP contribution >= 0.6 is 0 Å². The van der Waals surface area contributed by atoms with Crippen LogP contribution in [0.5, 0.6) is 0 Å². The quantitative estimate of drug-likeness (QED) is 0.725. The molecule has 0 aliphatic rings. The number of fused-ring (bicyclic) bond motifs is 1. The molecule has 0 aliphatic heterocycles. The van der Waals surface area contributed by atoms with Crippen molar-refractivity contribution in [1.29, 1.82) is 0 Å². The van der Waals surface area contributed by atoms with Gasteiger partial charge in [0.1, 0.15) is 0 Å². The number of aromatic amines is 1. The van der Waals surface area contributed by atoms with E-state index >= 15 is 0 Å². The molecule has 0 unspecified atom stereocenters. The van der Waals surface area contributed by atoms with Crippen molar-refractivity contribution in [2.24, 2.45) is 5.73 Å². The van der Waals surface area contributed by atoms with Crippen molar-refractivity contribution in [2.75, 3.05) is 6.54 Å². The lowest BCUT2D eigenvalue weighted by Gasteiger charge is -2.03. The van der Waals surface area contributed by atoms with E-state index in [1.165, 1.54) is 0 Å². The summed E-state index contributed by atoms with van der Waals surface area (Å²) in [5.74, 6) is -0.624. The van der Waals surface area contributed by atoms with Gasteiger partial charge in [-0.1, -0.05) is 0 Å². The van der Waals surface area contributed by atoms with E-state index in [0.29, 0.717) is 5.56 Å². The number of aromatic nitrogens is 1. The molecular weight excluding hydrogens is 218 g/mol. The zero-order chi connectivity index (χ0) is 12.3. The standard InChI is InChI=1S/C12H13N3O2/c13-11(16)4-6-15-12(17)9-1-2-10-8(7-9)3-5-14-10/h1-3,5,7,14H,4,6H2,(H2,13,16)(H,15,17). The van der Waals surface area contributed by atoms with E-state index in [0.717, 1.165) is 10.9 Å². The molecule has 17 heavy (non-hydrogen) atoms. The molecule has 0 atom stereocenters. The van der Waals surface area contributed by atoms with Crippen molar-refractivity contribution in [3.05, 3.63) is 36.0 Å². The summed E-state index contributed by atoms with van der Waals surface area (Å²) in [5, 5.41) is 3.62. The van der Waals surface area contributed by atoms with E-state index in [-0.39, 0.29) is 18.9 Å². The number of H-pyrrole nitrogens is 1. The SMILES string of the molecule is NC(=O)CCNC(=O)c1ccc2[nH]ccc2c1. The summed E-state index contributed by atoms with van der Waals surface area (Å²) in [6.07, 6.45) is 1.97. The number of rotatable bonds is 4. The third kappa shape index (κ3) is 2.63. The Hall–Kier alpha value is -2.30. The molecule has 2 amide bonds. The Kier molecular flexibility index (Phi) is 3.09. The van der Waals surface area contributed by atoms with Crippen LogP contribution in [0.15, 0.2) is 30.5 Å². The summed E-state index contributed by atoms with van der Waals surface area (Å²) >= 11 is 0. The maximum absolute atomic E-state index is 11.7. The number of carbonyl (C=O) groups is 2. The molecule has 0 bridgehead atoms. The Labute approximate surface area is 98.0 Å². The second-order valence-corrected chi connectivity index (χ2v) is 3.75. The number of carbonyl (C=O) groups excluding carboxylic acids is 2. The van der Waals surface area contributed by atoms with E-state index in [2.05, 4.69) is 10.3 Å². The monoisotopic (exact) mass is 231 g/mol. The van der Waals surface area contributed by atoms with Gasteiger partial charge in [-0.05, 0) is 24.3 Å². The molecule has 2 aromatic rings. The normalized spacial score (nSPS) is 10.4. The lowest BCUT2D eigenvalue weighted by molar-refractivity contribution is -0.117. The lowest BCUT2D eigenvalue weighted by Crippen LogP contribution is -2.27. The summed E-state index contributed by atoms with van der Waals surface area (Å²) in [6, 6.07) is 7.28. The van der Waals surface area contributed by atoms with Gasteiger partial charge >= 0.3 is 0 Å². The van der Waals surface area contributed by atoms with Crippen molar-refractivity contribution in [3.8, 4) is 0 Å². The Morgan fingerprint density at radius 1 is 1.29 bits per heavy atom. The largest absolute Gasteiger partial charge is 0.370 e. The molecule has 1 heterocycles. The number of nitrogens with one attached hydrogen (secondary N) is 2. The van der Waals surface area contributed by atoms with Gasteiger partial charge in [0.2, 0.25) is 5.91 Å². The van der Waals surface area contributed by atoms with Gasteiger partial charge in [-0.3, -0.25) is 9.59 Å². The molecule has 0 spiro atoms. The van der Waals surface area contributed by atoms with E-state index in [4.69, 9.17) is 5.73 Å². The fourth-order valence-electron chi connectivity index (χ4n) is 1.60. The predicted molar refractivity (Wildman–Crippen MR) is 64.4 cm³/mol. The number of hydrogen-bond donors (Lipinski definition) is 3. The second-order valence-electron chi connectivity index (χ2n) is 3.75. The number of benzene rings is 1. The topological polar surface area (TPSA) is 88.0 Å². The van der Waals surface area contributed by atoms with Crippen LogP contribution in [-0.2, 0) is 4.79 Å². The molecule has 0 fully saturated rings. The highest BCUT2D eigenvalue weighted by molar-refractivity contribution is 5.98. The van der Waals surface area contributed by atoms with Crippen LogP contribution in [0.4, 0.5) is 0 Å². The van der Waals surface area contributed by atoms with Crippen molar-refractivity contribution >= 4 is 22.7 Å². The average molecular weight is 231 g/mol. The van der Waals surface area contributed by atoms with Crippen LogP contribution in [0.3, 0.4) is 0 Å². The van der Waals surface area contributed by atoms with Crippen LogP contribution in [0, 0.1) is 0 Å². The summed E-state index contributed by atoms with van der Waals surface area (Å²) in [7, 11) is 0. The van der Waals surface area contributed by atoms with Gasteiger partial charge in [-0.25, -0.2) is 0 Å². The zero-order valence-electron chi connectivity index (χ0n) is 9.19. The minimum atomic E-state index is -0.425. The third-order valence-electron chi connectivity index (χ3n) is 2.47. The average Bonchev–Trinajstić information content (AvgIpc) is 2.75. The van der Waals surface area contributed by atoms with Crippen molar-refractivity contribution in [2.45, 2.75) is 6.42 Å². The highest BCUT2D eigenvalue weighted by atomic mass is 16.2. The highest BCUT2D eigenvalue weighted by Crippen LogP contribution is 2.13. The fraction of sp³-hybridized carbons (Fsp3) is 0.167. The maximum Gasteiger partial charge on any atom is 0.251 e. The molecule has 1 aromatic heterocycles. The molecule has 88 valence electrons. The number of nitrogens with two attached hydrogens (primary N) is 1. The summed E-state index contributed by atoms with van der Waals surface area (Å²) < 4.78 is 0. The molecule has 2 rings (SSSR count). The molecule has 1 aromatic carbocycles. The van der Waals surface area contributed by atoms with Crippen molar-refractivity contribution in [1.82, 2.24) is 10.3 Å². The first-order valence-corrected chi connectivity index (χ1v) is 5.30. The molecule has 0 radical (unpaired) electrons. The maximum atomic E-state index is 11.7. The van der Waals surface area contributed by atoms with E-state index in [9.17, 15) is 9.59 Å². The summed E-state index contributed by atoms with van der Waals surface area (Å²) in [5.41, 5.74) is 6.54. The van der Waals surface area contributed by atoms with Crippen LogP contribution in [0.2, 0.25) is 0 Å². The fourth-order valence-corrected chi connectivity index (χ4v) is 1.60. The minimum absolute atomic E-state index is 0.151. The first kappa shape index (κ1) is 11.2. The van der Waals surface area contributed by atoms with Gasteiger partial charge in [0.25, 0.3) is 5.91 Å². The minimum Gasteiger partial charge on any atom is -0.370 e.